The fourth-order valence-corrected chi connectivity index (χ4v) is 5.37. The van der Waals surface area contributed by atoms with E-state index in [0.717, 1.165) is 38.4 Å². The number of rotatable bonds is 6. The summed E-state index contributed by atoms with van der Waals surface area (Å²) >= 11 is 0. The number of nitrogens with zero attached hydrogens (tertiary/aromatic N) is 2. The van der Waals surface area contributed by atoms with Crippen LogP contribution in [0.15, 0.2) is 34.9 Å². The van der Waals surface area contributed by atoms with Crippen molar-refractivity contribution in [1.82, 2.24) is 15.4 Å². The molecule has 5 nitrogen and oxygen atoms in total. The van der Waals surface area contributed by atoms with Gasteiger partial charge >= 0.3 is 0 Å². The first-order chi connectivity index (χ1) is 14.6. The Hall–Kier alpha value is -2.14. The Balaban J connectivity index is 1.34. The van der Waals surface area contributed by atoms with E-state index < -0.39 is 0 Å². The first-order valence-electron chi connectivity index (χ1n) is 11.6. The number of hydrogen-bond acceptors (Lipinski definition) is 4. The number of aromatic nitrogens is 1. The number of benzene rings is 1. The van der Waals surface area contributed by atoms with E-state index in [4.69, 9.17) is 4.52 Å². The summed E-state index contributed by atoms with van der Waals surface area (Å²) in [5, 5.41) is 7.11. The van der Waals surface area contributed by atoms with Gasteiger partial charge in [0, 0.05) is 25.7 Å². The summed E-state index contributed by atoms with van der Waals surface area (Å²) in [5.74, 6) is 1.98. The molecular formula is C25H35N3O2. The third-order valence-electron chi connectivity index (χ3n) is 7.08. The summed E-state index contributed by atoms with van der Waals surface area (Å²) in [5.41, 5.74) is 2.76. The van der Waals surface area contributed by atoms with Crippen LogP contribution in [-0.2, 0) is 0 Å². The molecule has 1 aliphatic heterocycles. The number of nitrogens with one attached hydrogen (secondary N) is 1. The van der Waals surface area contributed by atoms with Crippen LogP contribution in [0.25, 0.3) is 0 Å². The van der Waals surface area contributed by atoms with Gasteiger partial charge < -0.3 is 14.7 Å². The predicted molar refractivity (Wildman–Crippen MR) is 119 cm³/mol. The molecule has 5 heteroatoms. The first-order valence-corrected chi connectivity index (χ1v) is 11.6. The molecule has 1 saturated heterocycles. The maximum Gasteiger partial charge on any atom is 0.257 e. The van der Waals surface area contributed by atoms with Crippen LogP contribution in [0.1, 0.15) is 78.2 Å². The highest BCUT2D eigenvalue weighted by Gasteiger charge is 2.29. The third kappa shape index (κ3) is 4.94. The highest BCUT2D eigenvalue weighted by atomic mass is 16.5. The lowest BCUT2D eigenvalue weighted by atomic mass is 9.76. The highest BCUT2D eigenvalue weighted by Crippen LogP contribution is 2.37. The Labute approximate surface area is 180 Å². The monoisotopic (exact) mass is 409 g/mol. The molecule has 2 heterocycles. The minimum Gasteiger partial charge on any atom is -0.361 e. The van der Waals surface area contributed by atoms with Crippen LogP contribution in [0.5, 0.6) is 0 Å². The van der Waals surface area contributed by atoms with Crippen molar-refractivity contribution in [2.45, 2.75) is 70.8 Å². The van der Waals surface area contributed by atoms with Gasteiger partial charge in [-0.05, 0) is 56.9 Å². The number of carbonyl (C=O) groups is 1. The largest absolute Gasteiger partial charge is 0.361 e. The van der Waals surface area contributed by atoms with Crippen molar-refractivity contribution in [3.05, 3.63) is 52.9 Å². The topological polar surface area (TPSA) is 58.4 Å². The van der Waals surface area contributed by atoms with Gasteiger partial charge in [0.05, 0.1) is 5.69 Å². The molecule has 1 N–H and O–H groups in total. The zero-order valence-electron chi connectivity index (χ0n) is 18.4. The minimum atomic E-state index is -0.0472. The zero-order valence-corrected chi connectivity index (χ0v) is 18.4. The van der Waals surface area contributed by atoms with Crippen LogP contribution < -0.4 is 5.32 Å². The van der Waals surface area contributed by atoms with Crippen LogP contribution >= 0.6 is 0 Å². The first kappa shape index (κ1) is 21.1. The Bertz CT molecular complexity index is 799. The van der Waals surface area contributed by atoms with E-state index in [1.807, 2.05) is 6.92 Å². The molecule has 2 aromatic rings. The summed E-state index contributed by atoms with van der Waals surface area (Å²) < 4.78 is 5.15. The van der Waals surface area contributed by atoms with E-state index in [1.54, 1.807) is 6.92 Å². The lowest BCUT2D eigenvalue weighted by Gasteiger charge is -2.38. The molecule has 0 spiro atoms. The quantitative estimate of drug-likeness (QED) is 0.741. The van der Waals surface area contributed by atoms with Crippen LogP contribution in [-0.4, -0.2) is 41.6 Å². The molecule has 1 amide bonds. The molecular weight excluding hydrogens is 374 g/mol. The van der Waals surface area contributed by atoms with Crippen molar-refractivity contribution >= 4 is 5.91 Å². The molecule has 1 saturated carbocycles. The predicted octanol–water partition coefficient (Wildman–Crippen LogP) is 4.85. The van der Waals surface area contributed by atoms with E-state index >= 15 is 0 Å². The van der Waals surface area contributed by atoms with Crippen molar-refractivity contribution < 1.29 is 9.32 Å². The van der Waals surface area contributed by atoms with E-state index in [-0.39, 0.29) is 11.9 Å². The summed E-state index contributed by atoms with van der Waals surface area (Å²) in [6, 6.07) is 11.3. The van der Waals surface area contributed by atoms with E-state index in [9.17, 15) is 4.79 Å². The molecule has 2 aliphatic rings. The molecule has 1 atom stereocenters. The van der Waals surface area contributed by atoms with Crippen molar-refractivity contribution in [1.29, 1.82) is 0 Å². The van der Waals surface area contributed by atoms with E-state index in [0.29, 0.717) is 22.9 Å². The number of carbonyl (C=O) groups excluding carboxylic acids is 1. The van der Waals surface area contributed by atoms with Crippen LogP contribution in [0.4, 0.5) is 0 Å². The molecule has 1 aromatic heterocycles. The normalized spacial score (nSPS) is 20.2. The molecule has 0 unspecified atom stereocenters. The molecule has 1 aromatic carbocycles. The Kier molecular flexibility index (Phi) is 6.88. The van der Waals surface area contributed by atoms with Gasteiger partial charge in [-0.25, -0.2) is 0 Å². The minimum absolute atomic E-state index is 0.0472. The lowest BCUT2D eigenvalue weighted by Crippen LogP contribution is -2.46. The summed E-state index contributed by atoms with van der Waals surface area (Å²) in [6.45, 7) is 6.85. The fourth-order valence-electron chi connectivity index (χ4n) is 5.37. The van der Waals surface area contributed by atoms with Gasteiger partial charge in [-0.15, -0.1) is 0 Å². The molecule has 30 heavy (non-hydrogen) atoms. The second-order valence-electron chi connectivity index (χ2n) is 9.16. The van der Waals surface area contributed by atoms with Crippen LogP contribution in [0, 0.1) is 19.8 Å². The summed E-state index contributed by atoms with van der Waals surface area (Å²) in [4.78, 5) is 15.3. The van der Waals surface area contributed by atoms with Gasteiger partial charge in [0.2, 0.25) is 0 Å². The van der Waals surface area contributed by atoms with Crippen molar-refractivity contribution in [2.24, 2.45) is 5.92 Å². The maximum atomic E-state index is 12.6. The molecule has 4 rings (SSSR count). The fraction of sp³-hybridized carbons (Fsp3) is 0.600. The second-order valence-corrected chi connectivity index (χ2v) is 9.16. The molecule has 2 fully saturated rings. The second kappa shape index (κ2) is 9.78. The van der Waals surface area contributed by atoms with Gasteiger partial charge in [-0.1, -0.05) is 54.8 Å². The Morgan fingerprint density at radius 1 is 1.10 bits per heavy atom. The summed E-state index contributed by atoms with van der Waals surface area (Å²) in [6.07, 6.45) is 8.89. The van der Waals surface area contributed by atoms with E-state index in [1.165, 1.54) is 37.7 Å². The molecule has 162 valence electrons. The third-order valence-corrected chi connectivity index (χ3v) is 7.08. The van der Waals surface area contributed by atoms with Gasteiger partial charge in [0.25, 0.3) is 5.91 Å². The van der Waals surface area contributed by atoms with Crippen molar-refractivity contribution in [2.75, 3.05) is 19.6 Å². The molecule has 1 aliphatic carbocycles. The maximum absolute atomic E-state index is 12.6. The van der Waals surface area contributed by atoms with Crippen LogP contribution in [0.3, 0.4) is 0 Å². The van der Waals surface area contributed by atoms with Gasteiger partial charge in [0.1, 0.15) is 11.3 Å². The number of aryl methyl sites for hydroxylation is 2. The van der Waals surface area contributed by atoms with Crippen LogP contribution in [0.2, 0.25) is 0 Å². The average molecular weight is 410 g/mol. The average Bonchev–Trinajstić information content (AvgIpc) is 3.12. The standard InChI is InChI=1S/C25H35N3O2/c1-18-24(19(2)30-27-18)25(29)26-22-13-15-28(16-14-22)17-23(20-9-5-3-6-10-20)21-11-7-4-8-12-21/h3,5-6,9-10,21-23H,4,7-8,11-17H2,1-2H3,(H,26,29)/t23-/m1/s1. The van der Waals surface area contributed by atoms with Gasteiger partial charge in [-0.2, -0.15) is 0 Å². The highest BCUT2D eigenvalue weighted by molar-refractivity contribution is 5.96. The smallest absolute Gasteiger partial charge is 0.257 e. The Morgan fingerprint density at radius 2 is 1.80 bits per heavy atom. The van der Waals surface area contributed by atoms with Crippen molar-refractivity contribution in [3.63, 3.8) is 0 Å². The number of amides is 1. The molecule has 0 radical (unpaired) electrons. The van der Waals surface area contributed by atoms with Gasteiger partial charge in [0.15, 0.2) is 0 Å². The summed E-state index contributed by atoms with van der Waals surface area (Å²) in [7, 11) is 0. The Morgan fingerprint density at radius 3 is 2.43 bits per heavy atom. The van der Waals surface area contributed by atoms with Gasteiger partial charge in [-0.3, -0.25) is 4.79 Å². The zero-order chi connectivity index (χ0) is 20.9. The lowest BCUT2D eigenvalue weighted by molar-refractivity contribution is 0.0902. The van der Waals surface area contributed by atoms with Crippen molar-refractivity contribution in [3.8, 4) is 0 Å². The SMILES string of the molecule is Cc1noc(C)c1C(=O)NC1CCN(C[C@H](c2ccccc2)C2CCCCC2)CC1. The number of piperidine rings is 1. The molecule has 0 bridgehead atoms. The number of hydrogen-bond donors (Lipinski definition) is 1. The van der Waals surface area contributed by atoms with E-state index in [2.05, 4.69) is 45.7 Å². The number of likely N-dealkylation sites (tertiary alicyclic amines) is 1.